The van der Waals surface area contributed by atoms with Crippen LogP contribution in [0.15, 0.2) is 36.8 Å². The van der Waals surface area contributed by atoms with E-state index in [1.54, 1.807) is 11.0 Å². The van der Waals surface area contributed by atoms with Gasteiger partial charge < -0.3 is 4.57 Å². The topological polar surface area (TPSA) is 35.6 Å². The molecule has 0 radical (unpaired) electrons. The van der Waals surface area contributed by atoms with E-state index in [1.807, 2.05) is 31.4 Å². The first-order valence-corrected chi connectivity index (χ1v) is 5.69. The van der Waals surface area contributed by atoms with Crippen molar-refractivity contribution in [1.82, 2.24) is 19.3 Å². The maximum atomic E-state index is 5.96. The van der Waals surface area contributed by atoms with Gasteiger partial charge in [-0.2, -0.15) is 5.10 Å². The van der Waals surface area contributed by atoms with Gasteiger partial charge in [-0.15, -0.1) is 0 Å². The van der Waals surface area contributed by atoms with Gasteiger partial charge in [0.25, 0.3) is 0 Å². The van der Waals surface area contributed by atoms with Crippen molar-refractivity contribution in [2.75, 3.05) is 0 Å². The molecule has 0 bridgehead atoms. The van der Waals surface area contributed by atoms with Gasteiger partial charge >= 0.3 is 0 Å². The largest absolute Gasteiger partial charge is 0.340 e. The van der Waals surface area contributed by atoms with Gasteiger partial charge in [0.05, 0.1) is 6.54 Å². The molecule has 0 amide bonds. The Hall–Kier alpha value is -1.81. The fourth-order valence-corrected chi connectivity index (χ4v) is 2.11. The number of aryl methyl sites for hydroxylation is 1. The van der Waals surface area contributed by atoms with Crippen molar-refractivity contribution in [1.29, 1.82) is 0 Å². The molecule has 17 heavy (non-hydrogen) atoms. The molecule has 0 saturated carbocycles. The van der Waals surface area contributed by atoms with E-state index in [0.717, 1.165) is 21.7 Å². The molecule has 5 heteroatoms. The molecule has 2 aromatic heterocycles. The van der Waals surface area contributed by atoms with E-state index in [2.05, 4.69) is 20.7 Å². The van der Waals surface area contributed by atoms with E-state index < -0.39 is 0 Å². The lowest BCUT2D eigenvalue weighted by Crippen LogP contribution is -2.05. The first-order chi connectivity index (χ1) is 8.24. The predicted octanol–water partition coefficient (Wildman–Crippen LogP) is 2.47. The highest BCUT2D eigenvalue weighted by Gasteiger charge is 2.05. The van der Waals surface area contributed by atoms with Crippen LogP contribution >= 0.6 is 11.6 Å². The van der Waals surface area contributed by atoms with Crippen molar-refractivity contribution < 1.29 is 0 Å². The van der Waals surface area contributed by atoms with E-state index in [1.165, 1.54) is 0 Å². The van der Waals surface area contributed by atoms with Gasteiger partial charge in [-0.3, -0.25) is 4.68 Å². The monoisotopic (exact) mass is 246 g/mol. The van der Waals surface area contributed by atoms with Crippen LogP contribution in [-0.2, 0) is 13.6 Å². The fraction of sp³-hybridized carbons (Fsp3) is 0.167. The number of hydrogen-bond acceptors (Lipinski definition) is 2. The van der Waals surface area contributed by atoms with Crippen molar-refractivity contribution in [3.63, 3.8) is 0 Å². The standard InChI is InChI=1S/C12H11ClN4/c1-16-12(14-8-15-16)7-17-5-4-9-6-10(13)2-3-11(9)17/h2-6,8H,7H2,1H3. The smallest absolute Gasteiger partial charge is 0.146 e. The zero-order chi connectivity index (χ0) is 11.8. The Balaban J connectivity index is 2.04. The third-order valence-electron chi connectivity index (χ3n) is 2.85. The quantitative estimate of drug-likeness (QED) is 0.696. The van der Waals surface area contributed by atoms with Gasteiger partial charge in [0.2, 0.25) is 0 Å². The van der Waals surface area contributed by atoms with E-state index in [4.69, 9.17) is 11.6 Å². The maximum absolute atomic E-state index is 5.96. The summed E-state index contributed by atoms with van der Waals surface area (Å²) in [6.45, 7) is 0.710. The van der Waals surface area contributed by atoms with Crippen LogP contribution in [0.3, 0.4) is 0 Å². The molecule has 0 atom stereocenters. The summed E-state index contributed by atoms with van der Waals surface area (Å²) in [5.41, 5.74) is 1.15. The summed E-state index contributed by atoms with van der Waals surface area (Å²) < 4.78 is 3.91. The SMILES string of the molecule is Cn1ncnc1Cn1ccc2cc(Cl)ccc21. The second-order valence-corrected chi connectivity index (χ2v) is 4.38. The zero-order valence-corrected chi connectivity index (χ0v) is 10.1. The molecular formula is C12H11ClN4. The Morgan fingerprint density at radius 3 is 2.94 bits per heavy atom. The van der Waals surface area contributed by atoms with Crippen molar-refractivity contribution in [2.45, 2.75) is 6.54 Å². The lowest BCUT2D eigenvalue weighted by Gasteiger charge is -2.04. The van der Waals surface area contributed by atoms with Crippen LogP contribution < -0.4 is 0 Å². The summed E-state index contributed by atoms with van der Waals surface area (Å²) in [5, 5.41) is 5.96. The van der Waals surface area contributed by atoms with Crippen LogP contribution in [0.25, 0.3) is 10.9 Å². The summed E-state index contributed by atoms with van der Waals surface area (Å²) in [5.74, 6) is 0.928. The number of halogens is 1. The fourth-order valence-electron chi connectivity index (χ4n) is 1.92. The summed E-state index contributed by atoms with van der Waals surface area (Å²) in [6, 6.07) is 7.94. The van der Waals surface area contributed by atoms with Gasteiger partial charge in [-0.1, -0.05) is 11.6 Å². The number of nitrogens with zero attached hydrogens (tertiary/aromatic N) is 4. The Morgan fingerprint density at radius 1 is 1.29 bits per heavy atom. The highest BCUT2D eigenvalue weighted by atomic mass is 35.5. The number of rotatable bonds is 2. The van der Waals surface area contributed by atoms with Crippen LogP contribution in [0.2, 0.25) is 5.02 Å². The Labute approximate surface area is 103 Å². The highest BCUT2D eigenvalue weighted by Crippen LogP contribution is 2.20. The average Bonchev–Trinajstić information content (AvgIpc) is 2.87. The molecule has 0 aliphatic carbocycles. The van der Waals surface area contributed by atoms with Crippen molar-refractivity contribution in [3.05, 3.63) is 47.6 Å². The minimum absolute atomic E-state index is 0.710. The molecular weight excluding hydrogens is 236 g/mol. The third kappa shape index (κ3) is 1.80. The highest BCUT2D eigenvalue weighted by molar-refractivity contribution is 6.31. The van der Waals surface area contributed by atoms with Crippen LogP contribution in [0.4, 0.5) is 0 Å². The molecule has 0 N–H and O–H groups in total. The maximum Gasteiger partial charge on any atom is 0.146 e. The van der Waals surface area contributed by atoms with Crippen molar-refractivity contribution in [2.24, 2.45) is 7.05 Å². The average molecular weight is 247 g/mol. The van der Waals surface area contributed by atoms with E-state index in [0.29, 0.717) is 6.54 Å². The minimum atomic E-state index is 0.710. The molecule has 3 rings (SSSR count). The van der Waals surface area contributed by atoms with Gasteiger partial charge in [0.15, 0.2) is 0 Å². The zero-order valence-electron chi connectivity index (χ0n) is 9.34. The Morgan fingerprint density at radius 2 is 2.18 bits per heavy atom. The first kappa shape index (κ1) is 10.4. The molecule has 0 aliphatic heterocycles. The summed E-state index contributed by atoms with van der Waals surface area (Å²) >= 11 is 5.96. The summed E-state index contributed by atoms with van der Waals surface area (Å²) in [7, 11) is 1.89. The molecule has 0 saturated heterocycles. The summed E-state index contributed by atoms with van der Waals surface area (Å²) in [6.07, 6.45) is 3.60. The van der Waals surface area contributed by atoms with Crippen LogP contribution in [-0.4, -0.2) is 19.3 Å². The van der Waals surface area contributed by atoms with Crippen molar-refractivity contribution in [3.8, 4) is 0 Å². The molecule has 0 spiro atoms. The van der Waals surface area contributed by atoms with E-state index in [9.17, 15) is 0 Å². The molecule has 3 aromatic rings. The van der Waals surface area contributed by atoms with Gasteiger partial charge in [0.1, 0.15) is 12.2 Å². The summed E-state index contributed by atoms with van der Waals surface area (Å²) in [4.78, 5) is 4.22. The Bertz CT molecular complexity index is 668. The lowest BCUT2D eigenvalue weighted by atomic mass is 10.2. The van der Waals surface area contributed by atoms with Crippen LogP contribution in [0.1, 0.15) is 5.82 Å². The molecule has 0 unspecified atom stereocenters. The van der Waals surface area contributed by atoms with Crippen molar-refractivity contribution >= 4 is 22.5 Å². The lowest BCUT2D eigenvalue weighted by molar-refractivity contribution is 0.664. The molecule has 86 valence electrons. The first-order valence-electron chi connectivity index (χ1n) is 5.31. The number of fused-ring (bicyclic) bond motifs is 1. The number of benzene rings is 1. The normalized spacial score (nSPS) is 11.2. The van der Waals surface area contributed by atoms with Gasteiger partial charge in [0, 0.05) is 29.2 Å². The molecule has 4 nitrogen and oxygen atoms in total. The number of hydrogen-bond donors (Lipinski definition) is 0. The second-order valence-electron chi connectivity index (χ2n) is 3.95. The van der Waals surface area contributed by atoms with Gasteiger partial charge in [-0.05, 0) is 24.3 Å². The number of aromatic nitrogens is 4. The van der Waals surface area contributed by atoms with E-state index >= 15 is 0 Å². The van der Waals surface area contributed by atoms with Crippen LogP contribution in [0, 0.1) is 0 Å². The van der Waals surface area contributed by atoms with Crippen LogP contribution in [0.5, 0.6) is 0 Å². The molecule has 0 fully saturated rings. The second kappa shape index (κ2) is 3.89. The Kier molecular flexibility index (Phi) is 2.37. The van der Waals surface area contributed by atoms with E-state index in [-0.39, 0.29) is 0 Å². The molecule has 2 heterocycles. The molecule has 0 aliphatic rings. The van der Waals surface area contributed by atoms with Gasteiger partial charge in [-0.25, -0.2) is 4.98 Å². The molecule has 1 aromatic carbocycles. The minimum Gasteiger partial charge on any atom is -0.340 e. The third-order valence-corrected chi connectivity index (χ3v) is 3.09. The predicted molar refractivity (Wildman–Crippen MR) is 67.1 cm³/mol.